The van der Waals surface area contributed by atoms with Crippen LogP contribution >= 0.6 is 27.3 Å². The summed E-state index contributed by atoms with van der Waals surface area (Å²) >= 11 is 4.49. The summed E-state index contributed by atoms with van der Waals surface area (Å²) in [7, 11) is -1.98. The number of methoxy groups -OCH3 is 1. The molecule has 2 aromatic heterocycles. The Bertz CT molecular complexity index is 674. The van der Waals surface area contributed by atoms with E-state index in [4.69, 9.17) is 4.74 Å². The molecule has 2 heterocycles. The molecule has 0 fully saturated rings. The van der Waals surface area contributed by atoms with Crippen molar-refractivity contribution < 1.29 is 13.2 Å². The lowest BCUT2D eigenvalue weighted by Gasteiger charge is -2.21. The summed E-state index contributed by atoms with van der Waals surface area (Å²) in [4.78, 5) is 4.02. The molecule has 21 heavy (non-hydrogen) atoms. The fourth-order valence-corrected chi connectivity index (χ4v) is 5.31. The first kappa shape index (κ1) is 16.6. The number of pyridine rings is 1. The van der Waals surface area contributed by atoms with Crippen LogP contribution in [0.1, 0.15) is 5.56 Å². The summed E-state index contributed by atoms with van der Waals surface area (Å²) in [5.41, 5.74) is 0.841. The lowest BCUT2D eigenvalue weighted by molar-refractivity contribution is 0.177. The zero-order chi connectivity index (χ0) is 15.3. The predicted octanol–water partition coefficient (Wildman–Crippen LogP) is 2.74. The zero-order valence-electron chi connectivity index (χ0n) is 11.4. The highest BCUT2D eigenvalue weighted by Crippen LogP contribution is 2.29. The Morgan fingerprint density at radius 1 is 1.38 bits per heavy atom. The van der Waals surface area contributed by atoms with Crippen molar-refractivity contribution in [1.29, 1.82) is 0 Å². The van der Waals surface area contributed by atoms with E-state index in [0.717, 1.165) is 9.35 Å². The van der Waals surface area contributed by atoms with Gasteiger partial charge in [0.15, 0.2) is 0 Å². The Kier molecular flexibility index (Phi) is 5.88. The zero-order valence-corrected chi connectivity index (χ0v) is 14.6. The Hall–Kier alpha value is -0.800. The van der Waals surface area contributed by atoms with Crippen LogP contribution in [0.3, 0.4) is 0 Å². The standard InChI is InChI=1S/C13H15BrN2O3S2/c1-19-8-7-16(10-11-3-2-6-15-9-11)21(17,18)13-5-4-12(14)20-13/h2-6,9H,7-8,10H2,1H3. The number of ether oxygens (including phenoxy) is 1. The van der Waals surface area contributed by atoms with E-state index in [0.29, 0.717) is 17.4 Å². The molecule has 0 radical (unpaired) electrons. The van der Waals surface area contributed by atoms with E-state index in [1.54, 1.807) is 37.7 Å². The predicted molar refractivity (Wildman–Crippen MR) is 85.7 cm³/mol. The lowest BCUT2D eigenvalue weighted by Crippen LogP contribution is -2.33. The normalized spacial score (nSPS) is 12.0. The molecule has 0 aliphatic rings. The smallest absolute Gasteiger partial charge is 0.252 e. The molecular formula is C13H15BrN2O3S2. The SMILES string of the molecule is COCCN(Cc1cccnc1)S(=O)(=O)c1ccc(Br)s1. The maximum atomic E-state index is 12.7. The van der Waals surface area contributed by atoms with Crippen LogP contribution in [0.2, 0.25) is 0 Å². The van der Waals surface area contributed by atoms with Crippen molar-refractivity contribution in [2.75, 3.05) is 20.3 Å². The van der Waals surface area contributed by atoms with E-state index >= 15 is 0 Å². The first-order valence-corrected chi connectivity index (χ1v) is 9.22. The van der Waals surface area contributed by atoms with Crippen molar-refractivity contribution in [3.63, 3.8) is 0 Å². The Morgan fingerprint density at radius 2 is 2.19 bits per heavy atom. The number of nitrogens with zero attached hydrogens (tertiary/aromatic N) is 2. The number of hydrogen-bond acceptors (Lipinski definition) is 5. The summed E-state index contributed by atoms with van der Waals surface area (Å²) in [5, 5.41) is 0. The minimum atomic E-state index is -3.54. The largest absolute Gasteiger partial charge is 0.383 e. The molecule has 0 atom stereocenters. The third-order valence-corrected chi connectivity index (χ3v) is 6.71. The summed E-state index contributed by atoms with van der Waals surface area (Å²) in [6, 6.07) is 6.98. The van der Waals surface area contributed by atoms with E-state index in [2.05, 4.69) is 20.9 Å². The molecule has 114 valence electrons. The van der Waals surface area contributed by atoms with Gasteiger partial charge in [-0.2, -0.15) is 4.31 Å². The van der Waals surface area contributed by atoms with Gasteiger partial charge in [-0.15, -0.1) is 11.3 Å². The highest BCUT2D eigenvalue weighted by molar-refractivity contribution is 9.11. The van der Waals surface area contributed by atoms with E-state index in [1.807, 2.05) is 6.07 Å². The molecule has 8 heteroatoms. The van der Waals surface area contributed by atoms with Crippen molar-refractivity contribution in [3.8, 4) is 0 Å². The van der Waals surface area contributed by atoms with Crippen LogP contribution in [-0.4, -0.2) is 38.0 Å². The number of aromatic nitrogens is 1. The van der Waals surface area contributed by atoms with Gasteiger partial charge in [0.25, 0.3) is 10.0 Å². The van der Waals surface area contributed by atoms with Gasteiger partial charge < -0.3 is 4.74 Å². The van der Waals surface area contributed by atoms with Crippen LogP contribution in [0.15, 0.2) is 44.7 Å². The third-order valence-electron chi connectivity index (χ3n) is 2.77. The summed E-state index contributed by atoms with van der Waals surface area (Å²) in [6.07, 6.45) is 3.33. The molecule has 0 aliphatic heterocycles. The second-order valence-corrected chi connectivity index (χ2v) is 8.88. The summed E-state index contributed by atoms with van der Waals surface area (Å²) in [6.45, 7) is 0.907. The van der Waals surface area contributed by atoms with E-state index in [1.165, 1.54) is 15.6 Å². The van der Waals surface area contributed by atoms with E-state index < -0.39 is 10.0 Å². The molecule has 0 unspecified atom stereocenters. The molecule has 0 saturated carbocycles. The molecule has 0 aliphatic carbocycles. The van der Waals surface area contributed by atoms with Crippen molar-refractivity contribution in [2.24, 2.45) is 0 Å². The van der Waals surface area contributed by atoms with Gasteiger partial charge in [-0.3, -0.25) is 4.98 Å². The molecule has 5 nitrogen and oxygen atoms in total. The number of thiophene rings is 1. The molecule has 0 aromatic carbocycles. The molecule has 0 spiro atoms. The van der Waals surface area contributed by atoms with Gasteiger partial charge in [0, 0.05) is 32.6 Å². The van der Waals surface area contributed by atoms with Crippen molar-refractivity contribution >= 4 is 37.3 Å². The number of rotatable bonds is 7. The third kappa shape index (κ3) is 4.33. The fraction of sp³-hybridized carbons (Fsp3) is 0.308. The van der Waals surface area contributed by atoms with Crippen molar-refractivity contribution in [2.45, 2.75) is 10.8 Å². The second kappa shape index (κ2) is 7.46. The highest BCUT2D eigenvalue weighted by atomic mass is 79.9. The Morgan fingerprint density at radius 3 is 2.76 bits per heavy atom. The van der Waals surface area contributed by atoms with Crippen LogP contribution in [0, 0.1) is 0 Å². The highest BCUT2D eigenvalue weighted by Gasteiger charge is 2.26. The van der Waals surface area contributed by atoms with Crippen molar-refractivity contribution in [1.82, 2.24) is 9.29 Å². The van der Waals surface area contributed by atoms with Gasteiger partial charge in [-0.25, -0.2) is 8.42 Å². The number of hydrogen-bond donors (Lipinski definition) is 0. The van der Waals surface area contributed by atoms with E-state index in [9.17, 15) is 8.42 Å². The van der Waals surface area contributed by atoms with Crippen LogP contribution in [0.4, 0.5) is 0 Å². The van der Waals surface area contributed by atoms with Crippen LogP contribution in [0.5, 0.6) is 0 Å². The quantitative estimate of drug-likeness (QED) is 0.728. The Balaban J connectivity index is 2.26. The van der Waals surface area contributed by atoms with Gasteiger partial charge >= 0.3 is 0 Å². The van der Waals surface area contributed by atoms with Crippen molar-refractivity contribution in [3.05, 3.63) is 46.0 Å². The molecule has 2 aromatic rings. The first-order chi connectivity index (χ1) is 10.0. The van der Waals surface area contributed by atoms with Gasteiger partial charge in [-0.1, -0.05) is 6.07 Å². The van der Waals surface area contributed by atoms with Gasteiger partial charge in [-0.05, 0) is 39.7 Å². The molecule has 0 bridgehead atoms. The van der Waals surface area contributed by atoms with Crippen LogP contribution < -0.4 is 0 Å². The molecule has 0 amide bonds. The van der Waals surface area contributed by atoms with Gasteiger partial charge in [0.05, 0.1) is 10.4 Å². The second-order valence-electron chi connectivity index (χ2n) is 4.25. The Labute approximate surface area is 136 Å². The minimum absolute atomic E-state index is 0.273. The molecule has 0 saturated heterocycles. The average molecular weight is 391 g/mol. The summed E-state index contributed by atoms with van der Waals surface area (Å²) in [5.74, 6) is 0. The number of sulfonamides is 1. The monoisotopic (exact) mass is 390 g/mol. The number of halogens is 1. The molecular weight excluding hydrogens is 376 g/mol. The van der Waals surface area contributed by atoms with Gasteiger partial charge in [0.1, 0.15) is 4.21 Å². The fourth-order valence-electron chi connectivity index (χ4n) is 1.74. The molecule has 0 N–H and O–H groups in total. The van der Waals surface area contributed by atoms with Crippen LogP contribution in [-0.2, 0) is 21.3 Å². The van der Waals surface area contributed by atoms with Crippen LogP contribution in [0.25, 0.3) is 0 Å². The maximum absolute atomic E-state index is 12.7. The topological polar surface area (TPSA) is 59.5 Å². The minimum Gasteiger partial charge on any atom is -0.383 e. The first-order valence-electron chi connectivity index (χ1n) is 6.17. The average Bonchev–Trinajstić information content (AvgIpc) is 2.92. The maximum Gasteiger partial charge on any atom is 0.252 e. The van der Waals surface area contributed by atoms with Gasteiger partial charge in [0.2, 0.25) is 0 Å². The lowest BCUT2D eigenvalue weighted by atomic mass is 10.3. The van der Waals surface area contributed by atoms with E-state index in [-0.39, 0.29) is 6.54 Å². The molecule has 2 rings (SSSR count). The summed E-state index contributed by atoms with van der Waals surface area (Å²) < 4.78 is 32.9.